The van der Waals surface area contributed by atoms with Crippen LogP contribution in [-0.4, -0.2) is 7.05 Å². The Hall–Kier alpha value is -0.710. The smallest absolute Gasteiger partial charge is 0.124 e. The van der Waals surface area contributed by atoms with Gasteiger partial charge in [-0.05, 0) is 42.8 Å². The van der Waals surface area contributed by atoms with Crippen LogP contribution in [0.2, 0.25) is 0 Å². The van der Waals surface area contributed by atoms with Crippen molar-refractivity contribution in [1.29, 1.82) is 0 Å². The van der Waals surface area contributed by atoms with E-state index in [1.54, 1.807) is 0 Å². The molecule has 0 fully saturated rings. The Balaban J connectivity index is 2.28. The fraction of sp³-hybridized carbons (Fsp3) is 0.200. The molecule has 2 aromatic carbocycles. The fourth-order valence-electron chi connectivity index (χ4n) is 2.04. The fourth-order valence-corrected chi connectivity index (χ4v) is 3.11. The van der Waals surface area contributed by atoms with E-state index in [-0.39, 0.29) is 11.9 Å². The van der Waals surface area contributed by atoms with Crippen LogP contribution in [0.4, 0.5) is 4.39 Å². The Labute approximate surface area is 129 Å². The van der Waals surface area contributed by atoms with Gasteiger partial charge in [0.2, 0.25) is 0 Å². The third kappa shape index (κ3) is 3.65. The predicted octanol–water partition coefficient (Wildman–Crippen LogP) is 4.85. The second-order valence-electron chi connectivity index (χ2n) is 4.30. The van der Waals surface area contributed by atoms with Crippen molar-refractivity contribution in [3.63, 3.8) is 0 Å². The van der Waals surface area contributed by atoms with Crippen LogP contribution in [0.25, 0.3) is 0 Å². The first-order chi connectivity index (χ1) is 9.11. The first-order valence-electron chi connectivity index (χ1n) is 5.97. The molecule has 0 aliphatic carbocycles. The minimum absolute atomic E-state index is 0.133. The standard InChI is InChI=1S/C15H14Br2FN/c1-19-15(8-10-4-2-3-5-13(10)16)12-7-6-11(18)9-14(12)17/h2-7,9,15,19H,8H2,1H3. The van der Waals surface area contributed by atoms with Gasteiger partial charge in [0.05, 0.1) is 0 Å². The van der Waals surface area contributed by atoms with E-state index in [0.717, 1.165) is 20.9 Å². The maximum absolute atomic E-state index is 13.1. The lowest BCUT2D eigenvalue weighted by molar-refractivity contribution is 0.582. The Morgan fingerprint density at radius 2 is 1.84 bits per heavy atom. The summed E-state index contributed by atoms with van der Waals surface area (Å²) in [6.07, 6.45) is 0.835. The molecule has 100 valence electrons. The van der Waals surface area contributed by atoms with Gasteiger partial charge in [0.1, 0.15) is 5.82 Å². The van der Waals surface area contributed by atoms with Crippen LogP contribution < -0.4 is 5.32 Å². The largest absolute Gasteiger partial charge is 0.313 e. The van der Waals surface area contributed by atoms with Crippen LogP contribution in [0.5, 0.6) is 0 Å². The third-order valence-corrected chi connectivity index (χ3v) is 4.53. The minimum atomic E-state index is -0.230. The van der Waals surface area contributed by atoms with Crippen molar-refractivity contribution in [2.75, 3.05) is 7.05 Å². The molecule has 0 aliphatic rings. The monoisotopic (exact) mass is 385 g/mol. The molecule has 1 nitrogen and oxygen atoms in total. The van der Waals surface area contributed by atoms with Gasteiger partial charge in [-0.1, -0.05) is 56.1 Å². The minimum Gasteiger partial charge on any atom is -0.313 e. The van der Waals surface area contributed by atoms with Crippen molar-refractivity contribution in [3.8, 4) is 0 Å². The summed E-state index contributed by atoms with van der Waals surface area (Å²) in [6.45, 7) is 0. The highest BCUT2D eigenvalue weighted by Crippen LogP contribution is 2.28. The van der Waals surface area contributed by atoms with Crippen LogP contribution >= 0.6 is 31.9 Å². The van der Waals surface area contributed by atoms with Gasteiger partial charge in [-0.25, -0.2) is 4.39 Å². The van der Waals surface area contributed by atoms with E-state index in [9.17, 15) is 4.39 Å². The Morgan fingerprint density at radius 1 is 1.11 bits per heavy atom. The molecule has 0 spiro atoms. The summed E-state index contributed by atoms with van der Waals surface area (Å²) < 4.78 is 15.0. The highest BCUT2D eigenvalue weighted by molar-refractivity contribution is 9.10. The van der Waals surface area contributed by atoms with Crippen molar-refractivity contribution in [2.45, 2.75) is 12.5 Å². The molecule has 0 radical (unpaired) electrons. The van der Waals surface area contributed by atoms with E-state index in [1.807, 2.05) is 31.3 Å². The van der Waals surface area contributed by atoms with E-state index < -0.39 is 0 Å². The van der Waals surface area contributed by atoms with Crippen molar-refractivity contribution in [3.05, 3.63) is 68.4 Å². The zero-order chi connectivity index (χ0) is 13.8. The highest BCUT2D eigenvalue weighted by atomic mass is 79.9. The van der Waals surface area contributed by atoms with Crippen LogP contribution in [0.3, 0.4) is 0 Å². The SMILES string of the molecule is CNC(Cc1ccccc1Br)c1ccc(F)cc1Br. The Kier molecular flexibility index (Phi) is 5.13. The zero-order valence-electron chi connectivity index (χ0n) is 10.5. The summed E-state index contributed by atoms with van der Waals surface area (Å²) in [5.74, 6) is -0.230. The molecule has 1 atom stereocenters. The summed E-state index contributed by atoms with van der Waals surface area (Å²) in [6, 6.07) is 13.1. The van der Waals surface area contributed by atoms with E-state index in [1.165, 1.54) is 17.7 Å². The molecule has 0 aromatic heterocycles. The number of benzene rings is 2. The molecule has 0 saturated heterocycles. The maximum atomic E-state index is 13.1. The van der Waals surface area contributed by atoms with Crippen LogP contribution in [0.1, 0.15) is 17.2 Å². The molecular formula is C15H14Br2FN. The summed E-state index contributed by atoms with van der Waals surface area (Å²) in [7, 11) is 1.91. The maximum Gasteiger partial charge on any atom is 0.124 e. The van der Waals surface area contributed by atoms with Gasteiger partial charge in [-0.2, -0.15) is 0 Å². The molecule has 0 saturated carbocycles. The molecule has 4 heteroatoms. The number of likely N-dealkylation sites (N-methyl/N-ethyl adjacent to an activating group) is 1. The molecule has 2 aromatic rings. The molecule has 1 unspecified atom stereocenters. The van der Waals surface area contributed by atoms with E-state index in [4.69, 9.17) is 0 Å². The third-order valence-electron chi connectivity index (χ3n) is 3.07. The molecule has 2 rings (SSSR count). The lowest BCUT2D eigenvalue weighted by Crippen LogP contribution is -2.19. The summed E-state index contributed by atoms with van der Waals surface area (Å²) in [4.78, 5) is 0. The van der Waals surface area contributed by atoms with Gasteiger partial charge in [-0.3, -0.25) is 0 Å². The molecular weight excluding hydrogens is 373 g/mol. The summed E-state index contributed by atoms with van der Waals surface area (Å²) in [5, 5.41) is 3.28. The highest BCUT2D eigenvalue weighted by Gasteiger charge is 2.15. The normalized spacial score (nSPS) is 12.4. The summed E-state index contributed by atoms with van der Waals surface area (Å²) in [5.41, 5.74) is 2.28. The van der Waals surface area contributed by atoms with Gasteiger partial charge < -0.3 is 5.32 Å². The first kappa shape index (κ1) is 14.7. The van der Waals surface area contributed by atoms with E-state index in [2.05, 4.69) is 43.2 Å². The van der Waals surface area contributed by atoms with E-state index >= 15 is 0 Å². The lowest BCUT2D eigenvalue weighted by Gasteiger charge is -2.19. The van der Waals surface area contributed by atoms with Crippen LogP contribution in [0.15, 0.2) is 51.4 Å². The van der Waals surface area contributed by atoms with Gasteiger partial charge >= 0.3 is 0 Å². The molecule has 0 amide bonds. The lowest BCUT2D eigenvalue weighted by atomic mass is 9.99. The second-order valence-corrected chi connectivity index (χ2v) is 6.01. The molecule has 1 N–H and O–H groups in total. The summed E-state index contributed by atoms with van der Waals surface area (Å²) >= 11 is 6.99. The van der Waals surface area contributed by atoms with Gasteiger partial charge in [0, 0.05) is 15.0 Å². The van der Waals surface area contributed by atoms with Gasteiger partial charge in [0.15, 0.2) is 0 Å². The number of hydrogen-bond acceptors (Lipinski definition) is 1. The average molecular weight is 387 g/mol. The number of halogens is 3. The Bertz CT molecular complexity index is 572. The number of rotatable bonds is 4. The van der Waals surface area contributed by atoms with Crippen molar-refractivity contribution in [2.24, 2.45) is 0 Å². The first-order valence-corrected chi connectivity index (χ1v) is 7.56. The van der Waals surface area contributed by atoms with E-state index in [0.29, 0.717) is 0 Å². The predicted molar refractivity (Wildman–Crippen MR) is 83.7 cm³/mol. The number of hydrogen-bond donors (Lipinski definition) is 1. The van der Waals surface area contributed by atoms with Gasteiger partial charge in [0.25, 0.3) is 0 Å². The topological polar surface area (TPSA) is 12.0 Å². The van der Waals surface area contributed by atoms with Crippen LogP contribution in [-0.2, 0) is 6.42 Å². The molecule has 19 heavy (non-hydrogen) atoms. The Morgan fingerprint density at radius 3 is 2.47 bits per heavy atom. The van der Waals surface area contributed by atoms with Crippen molar-refractivity contribution >= 4 is 31.9 Å². The molecule has 0 aliphatic heterocycles. The molecule has 0 bridgehead atoms. The average Bonchev–Trinajstić information content (AvgIpc) is 2.39. The van der Waals surface area contributed by atoms with Crippen LogP contribution in [0, 0.1) is 5.82 Å². The quantitative estimate of drug-likeness (QED) is 0.791. The number of nitrogens with one attached hydrogen (secondary N) is 1. The molecule has 0 heterocycles. The van der Waals surface area contributed by atoms with Crippen molar-refractivity contribution < 1.29 is 4.39 Å². The van der Waals surface area contributed by atoms with Crippen molar-refractivity contribution in [1.82, 2.24) is 5.32 Å². The van der Waals surface area contributed by atoms with Gasteiger partial charge in [-0.15, -0.1) is 0 Å². The second kappa shape index (κ2) is 6.64. The zero-order valence-corrected chi connectivity index (χ0v) is 13.6.